The third-order valence-electron chi connectivity index (χ3n) is 5.44. The van der Waals surface area contributed by atoms with Gasteiger partial charge in [-0.2, -0.15) is 5.10 Å². The molecule has 0 radical (unpaired) electrons. The van der Waals surface area contributed by atoms with Crippen LogP contribution < -0.4 is 5.32 Å². The number of carbonyl (C=O) groups is 1. The predicted molar refractivity (Wildman–Crippen MR) is 117 cm³/mol. The number of fused-ring (bicyclic) bond motifs is 1. The molecule has 7 nitrogen and oxygen atoms in total. The lowest BCUT2D eigenvalue weighted by Crippen LogP contribution is -2.46. The number of aromatic nitrogens is 3. The number of carbonyl (C=O) groups excluding carboxylic acids is 1. The van der Waals surface area contributed by atoms with Gasteiger partial charge >= 0.3 is 0 Å². The van der Waals surface area contributed by atoms with Crippen molar-refractivity contribution >= 4 is 16.8 Å². The first-order chi connectivity index (χ1) is 14.5. The Bertz CT molecular complexity index is 1040. The fourth-order valence-corrected chi connectivity index (χ4v) is 4.01. The van der Waals surface area contributed by atoms with Gasteiger partial charge in [0.25, 0.3) is 5.91 Å². The molecule has 1 amide bonds. The molecule has 0 spiro atoms. The van der Waals surface area contributed by atoms with E-state index in [1.165, 1.54) is 0 Å². The van der Waals surface area contributed by atoms with E-state index >= 15 is 0 Å². The van der Waals surface area contributed by atoms with Gasteiger partial charge in [-0.05, 0) is 39.0 Å². The number of ether oxygens (including phenoxy) is 1. The molecule has 3 aromatic rings. The molecule has 0 bridgehead atoms. The zero-order valence-electron chi connectivity index (χ0n) is 17.9. The lowest BCUT2D eigenvalue weighted by molar-refractivity contribution is 0.0342. The van der Waals surface area contributed by atoms with Crippen molar-refractivity contribution in [3.63, 3.8) is 0 Å². The summed E-state index contributed by atoms with van der Waals surface area (Å²) in [6.45, 7) is 10.7. The summed E-state index contributed by atoms with van der Waals surface area (Å²) in [6.07, 6.45) is 0. The van der Waals surface area contributed by atoms with Crippen LogP contribution in [-0.4, -0.2) is 64.5 Å². The van der Waals surface area contributed by atoms with Gasteiger partial charge in [0.2, 0.25) is 0 Å². The van der Waals surface area contributed by atoms with Gasteiger partial charge in [0.05, 0.1) is 42.2 Å². The highest BCUT2D eigenvalue weighted by molar-refractivity contribution is 6.06. The van der Waals surface area contributed by atoms with Crippen LogP contribution >= 0.6 is 0 Å². The van der Waals surface area contributed by atoms with Gasteiger partial charge in [-0.25, -0.2) is 0 Å². The monoisotopic (exact) mass is 407 g/mol. The molecule has 30 heavy (non-hydrogen) atoms. The molecule has 0 aliphatic carbocycles. The van der Waals surface area contributed by atoms with E-state index in [0.29, 0.717) is 12.1 Å². The average molecular weight is 408 g/mol. The summed E-state index contributed by atoms with van der Waals surface area (Å²) in [5.41, 5.74) is 4.36. The van der Waals surface area contributed by atoms with Crippen molar-refractivity contribution in [1.82, 2.24) is 25.0 Å². The van der Waals surface area contributed by atoms with Crippen LogP contribution in [0.4, 0.5) is 0 Å². The number of rotatable bonds is 6. The van der Waals surface area contributed by atoms with Crippen LogP contribution in [0.2, 0.25) is 0 Å². The number of aryl methyl sites for hydroxylation is 2. The van der Waals surface area contributed by atoms with Crippen molar-refractivity contribution < 1.29 is 9.53 Å². The zero-order chi connectivity index (χ0) is 21.1. The largest absolute Gasteiger partial charge is 0.379 e. The second kappa shape index (κ2) is 8.93. The molecule has 1 aliphatic rings. The van der Waals surface area contributed by atoms with E-state index in [2.05, 4.69) is 15.3 Å². The Kier molecular flexibility index (Phi) is 6.11. The summed E-state index contributed by atoms with van der Waals surface area (Å²) in [5, 5.41) is 8.57. The fourth-order valence-electron chi connectivity index (χ4n) is 4.01. The quantitative estimate of drug-likeness (QED) is 0.680. The van der Waals surface area contributed by atoms with Gasteiger partial charge in [0.15, 0.2) is 0 Å². The number of hydrogen-bond donors (Lipinski definition) is 1. The van der Waals surface area contributed by atoms with Crippen molar-refractivity contribution in [3.8, 4) is 0 Å². The normalized spacial score (nSPS) is 16.0. The summed E-state index contributed by atoms with van der Waals surface area (Å²) in [7, 11) is 0. The Morgan fingerprint density at radius 2 is 1.97 bits per heavy atom. The van der Waals surface area contributed by atoms with Crippen molar-refractivity contribution in [2.75, 3.05) is 32.8 Å². The Hall–Kier alpha value is -2.77. The van der Waals surface area contributed by atoms with E-state index in [9.17, 15) is 4.79 Å². The average Bonchev–Trinajstić information content (AvgIpc) is 3.04. The summed E-state index contributed by atoms with van der Waals surface area (Å²) < 4.78 is 7.33. The zero-order valence-corrected chi connectivity index (χ0v) is 17.9. The van der Waals surface area contributed by atoms with E-state index < -0.39 is 0 Å². The summed E-state index contributed by atoms with van der Waals surface area (Å²) in [6, 6.07) is 11.8. The molecule has 2 aromatic heterocycles. The predicted octanol–water partition coefficient (Wildman–Crippen LogP) is 2.55. The fraction of sp³-hybridized carbons (Fsp3) is 0.435. The van der Waals surface area contributed by atoms with Crippen LogP contribution in [0.1, 0.15) is 34.4 Å². The van der Waals surface area contributed by atoms with Gasteiger partial charge in [-0.3, -0.25) is 19.4 Å². The molecule has 4 rings (SSSR count). The van der Waals surface area contributed by atoms with E-state index in [1.54, 1.807) is 0 Å². The SMILES string of the molecule is Cc1cc(C)n(Cc2cc(C(=O)N[C@H](C)CN3CCOCC3)c3ccccc3n2)n1. The first-order valence-electron chi connectivity index (χ1n) is 10.5. The number of morpholine rings is 1. The summed E-state index contributed by atoms with van der Waals surface area (Å²) >= 11 is 0. The maximum atomic E-state index is 13.2. The molecule has 1 saturated heterocycles. The second-order valence-corrected chi connectivity index (χ2v) is 8.05. The molecule has 1 N–H and O–H groups in total. The van der Waals surface area contributed by atoms with Gasteiger partial charge in [0.1, 0.15) is 0 Å². The first-order valence-corrected chi connectivity index (χ1v) is 10.5. The molecular formula is C23H29N5O2. The van der Waals surface area contributed by atoms with Crippen molar-refractivity contribution in [1.29, 1.82) is 0 Å². The number of amides is 1. The van der Waals surface area contributed by atoms with Crippen molar-refractivity contribution in [2.45, 2.75) is 33.4 Å². The molecule has 1 fully saturated rings. The van der Waals surface area contributed by atoms with Crippen LogP contribution in [-0.2, 0) is 11.3 Å². The smallest absolute Gasteiger partial charge is 0.252 e. The molecule has 1 aliphatic heterocycles. The van der Waals surface area contributed by atoms with Crippen LogP contribution in [0.5, 0.6) is 0 Å². The molecule has 3 heterocycles. The minimum Gasteiger partial charge on any atom is -0.379 e. The third-order valence-corrected chi connectivity index (χ3v) is 5.44. The summed E-state index contributed by atoms with van der Waals surface area (Å²) in [4.78, 5) is 20.3. The standard InChI is InChI=1S/C23H29N5O2/c1-16-12-18(3)28(26-16)15-19-13-21(20-6-4-5-7-22(20)25-19)23(29)24-17(2)14-27-8-10-30-11-9-27/h4-7,12-13,17H,8-11,14-15H2,1-3H3,(H,24,29)/t17-/m1/s1. The lowest BCUT2D eigenvalue weighted by atomic mass is 10.1. The molecule has 158 valence electrons. The molecule has 7 heteroatoms. The van der Waals surface area contributed by atoms with Gasteiger partial charge in [-0.1, -0.05) is 18.2 Å². The highest BCUT2D eigenvalue weighted by Crippen LogP contribution is 2.20. The Morgan fingerprint density at radius 1 is 1.20 bits per heavy atom. The van der Waals surface area contributed by atoms with Gasteiger partial charge in [0, 0.05) is 36.8 Å². The highest BCUT2D eigenvalue weighted by atomic mass is 16.5. The van der Waals surface area contributed by atoms with Crippen LogP contribution in [0.3, 0.4) is 0 Å². The molecule has 1 atom stereocenters. The van der Waals surface area contributed by atoms with Crippen LogP contribution in [0.15, 0.2) is 36.4 Å². The van der Waals surface area contributed by atoms with Crippen LogP contribution in [0.25, 0.3) is 10.9 Å². The topological polar surface area (TPSA) is 72.3 Å². The van der Waals surface area contributed by atoms with E-state index in [-0.39, 0.29) is 11.9 Å². The van der Waals surface area contributed by atoms with Crippen molar-refractivity contribution in [3.05, 3.63) is 59.0 Å². The minimum atomic E-state index is -0.0658. The Morgan fingerprint density at radius 3 is 2.70 bits per heavy atom. The molecule has 0 unspecified atom stereocenters. The number of benzene rings is 1. The van der Waals surface area contributed by atoms with Gasteiger partial charge < -0.3 is 10.1 Å². The van der Waals surface area contributed by atoms with Gasteiger partial charge in [-0.15, -0.1) is 0 Å². The number of nitrogens with zero attached hydrogens (tertiary/aromatic N) is 4. The number of hydrogen-bond acceptors (Lipinski definition) is 5. The third kappa shape index (κ3) is 4.68. The number of para-hydroxylation sites is 1. The molecule has 1 aromatic carbocycles. The van der Waals surface area contributed by atoms with Crippen LogP contribution in [0, 0.1) is 13.8 Å². The molecule has 0 saturated carbocycles. The Balaban J connectivity index is 1.56. The lowest BCUT2D eigenvalue weighted by Gasteiger charge is -2.29. The Labute approximate surface area is 177 Å². The minimum absolute atomic E-state index is 0.0435. The summed E-state index contributed by atoms with van der Waals surface area (Å²) in [5.74, 6) is -0.0658. The highest BCUT2D eigenvalue weighted by Gasteiger charge is 2.18. The maximum Gasteiger partial charge on any atom is 0.252 e. The number of nitrogens with one attached hydrogen (secondary N) is 1. The molecular weight excluding hydrogens is 378 g/mol. The van der Waals surface area contributed by atoms with E-state index in [0.717, 1.165) is 60.8 Å². The second-order valence-electron chi connectivity index (χ2n) is 8.05. The number of pyridine rings is 1. The first kappa shape index (κ1) is 20.5. The maximum absolute atomic E-state index is 13.2. The van der Waals surface area contributed by atoms with E-state index in [1.807, 2.05) is 61.9 Å². The van der Waals surface area contributed by atoms with Crippen molar-refractivity contribution in [2.24, 2.45) is 0 Å². The van der Waals surface area contributed by atoms with E-state index in [4.69, 9.17) is 9.72 Å².